The fourth-order valence-electron chi connectivity index (χ4n) is 3.61. The quantitative estimate of drug-likeness (QED) is 0.899. The average Bonchev–Trinajstić information content (AvgIpc) is 2.46. The molecule has 1 N–H and O–H groups in total. The number of carboxylic acids is 1. The Morgan fingerprint density at radius 1 is 1.25 bits per heavy atom. The van der Waals surface area contributed by atoms with Crippen LogP contribution in [0.15, 0.2) is 18.2 Å². The normalized spacial score (nSPS) is 23.4. The van der Waals surface area contributed by atoms with Gasteiger partial charge in [0.15, 0.2) is 0 Å². The number of hydrogen-bond acceptors (Lipinski definition) is 3. The highest BCUT2D eigenvalue weighted by atomic mass is 16.4. The van der Waals surface area contributed by atoms with Crippen LogP contribution in [0.5, 0.6) is 0 Å². The third kappa shape index (κ3) is 2.40. The molecule has 4 heteroatoms. The molecule has 2 fully saturated rings. The predicted molar refractivity (Wildman–Crippen MR) is 79.6 cm³/mol. The molecule has 2 heterocycles. The molecule has 2 saturated heterocycles. The van der Waals surface area contributed by atoms with Crippen molar-refractivity contribution in [3.05, 3.63) is 29.3 Å². The maximum absolute atomic E-state index is 11.5. The van der Waals surface area contributed by atoms with E-state index in [1.165, 1.54) is 25.8 Å². The lowest BCUT2D eigenvalue weighted by molar-refractivity contribution is 0.0696. The summed E-state index contributed by atoms with van der Waals surface area (Å²) in [4.78, 5) is 16.3. The van der Waals surface area contributed by atoms with E-state index >= 15 is 0 Å². The molecular weight excluding hydrogens is 252 g/mol. The van der Waals surface area contributed by atoms with Gasteiger partial charge in [0.05, 0.1) is 11.3 Å². The van der Waals surface area contributed by atoms with Crippen molar-refractivity contribution in [2.45, 2.75) is 32.2 Å². The number of para-hydroxylation sites is 1. The summed E-state index contributed by atoms with van der Waals surface area (Å²) < 4.78 is 0. The maximum Gasteiger partial charge on any atom is 0.337 e. The Balaban J connectivity index is 1.88. The van der Waals surface area contributed by atoms with Crippen molar-refractivity contribution in [3.63, 3.8) is 0 Å². The topological polar surface area (TPSA) is 43.8 Å². The van der Waals surface area contributed by atoms with Crippen LogP contribution in [0.25, 0.3) is 0 Å². The van der Waals surface area contributed by atoms with Gasteiger partial charge in [-0.25, -0.2) is 4.79 Å². The molecule has 3 rings (SSSR count). The molecule has 2 aliphatic rings. The van der Waals surface area contributed by atoms with Crippen molar-refractivity contribution in [3.8, 4) is 0 Å². The molecule has 0 bridgehead atoms. The highest BCUT2D eigenvalue weighted by Gasteiger charge is 2.30. The van der Waals surface area contributed by atoms with E-state index in [1.807, 2.05) is 19.1 Å². The minimum Gasteiger partial charge on any atom is -0.478 e. The number of aromatic carboxylic acids is 1. The number of carboxylic acid groups (broad SMARTS) is 1. The highest BCUT2D eigenvalue weighted by Crippen LogP contribution is 2.30. The van der Waals surface area contributed by atoms with Crippen LogP contribution in [-0.4, -0.2) is 48.2 Å². The lowest BCUT2D eigenvalue weighted by Crippen LogP contribution is -2.55. The minimum absolute atomic E-state index is 0.439. The molecule has 4 nitrogen and oxygen atoms in total. The number of benzene rings is 1. The van der Waals surface area contributed by atoms with Crippen molar-refractivity contribution >= 4 is 11.7 Å². The molecule has 0 aromatic heterocycles. The van der Waals surface area contributed by atoms with Gasteiger partial charge in [-0.05, 0) is 37.9 Å². The molecule has 0 aliphatic carbocycles. The van der Waals surface area contributed by atoms with Gasteiger partial charge in [-0.3, -0.25) is 4.90 Å². The summed E-state index contributed by atoms with van der Waals surface area (Å²) in [6.07, 6.45) is 3.85. The van der Waals surface area contributed by atoms with E-state index in [0.29, 0.717) is 11.6 Å². The number of piperazine rings is 1. The Morgan fingerprint density at radius 2 is 2.10 bits per heavy atom. The van der Waals surface area contributed by atoms with Gasteiger partial charge >= 0.3 is 5.97 Å². The van der Waals surface area contributed by atoms with Crippen molar-refractivity contribution in [1.29, 1.82) is 0 Å². The van der Waals surface area contributed by atoms with Gasteiger partial charge in [-0.2, -0.15) is 0 Å². The molecule has 0 amide bonds. The van der Waals surface area contributed by atoms with E-state index in [9.17, 15) is 9.90 Å². The molecular formula is C16H22N2O2. The van der Waals surface area contributed by atoms with Gasteiger partial charge in [0.25, 0.3) is 0 Å². The fourth-order valence-corrected chi connectivity index (χ4v) is 3.61. The first-order valence-electron chi connectivity index (χ1n) is 7.48. The van der Waals surface area contributed by atoms with E-state index in [4.69, 9.17) is 0 Å². The van der Waals surface area contributed by atoms with Crippen LogP contribution in [0.2, 0.25) is 0 Å². The SMILES string of the molecule is Cc1cccc(C(=O)O)c1N1CCN2CCCCC2C1. The second-order valence-electron chi connectivity index (χ2n) is 5.91. The van der Waals surface area contributed by atoms with E-state index in [0.717, 1.165) is 30.9 Å². The molecule has 0 spiro atoms. The Bertz CT molecular complexity index is 515. The van der Waals surface area contributed by atoms with Crippen LogP contribution in [0.3, 0.4) is 0 Å². The van der Waals surface area contributed by atoms with Crippen LogP contribution in [-0.2, 0) is 0 Å². The molecule has 1 aromatic carbocycles. The van der Waals surface area contributed by atoms with Gasteiger partial charge in [-0.1, -0.05) is 18.6 Å². The van der Waals surface area contributed by atoms with Crippen LogP contribution >= 0.6 is 0 Å². The van der Waals surface area contributed by atoms with Gasteiger partial charge < -0.3 is 10.0 Å². The maximum atomic E-state index is 11.5. The average molecular weight is 274 g/mol. The van der Waals surface area contributed by atoms with Crippen LogP contribution in [0, 0.1) is 6.92 Å². The third-order valence-corrected chi connectivity index (χ3v) is 4.62. The number of rotatable bonds is 2. The molecule has 108 valence electrons. The van der Waals surface area contributed by atoms with Gasteiger partial charge in [0.1, 0.15) is 0 Å². The summed E-state index contributed by atoms with van der Waals surface area (Å²) >= 11 is 0. The second-order valence-corrected chi connectivity index (χ2v) is 5.91. The Labute approximate surface area is 120 Å². The van der Waals surface area contributed by atoms with Crippen molar-refractivity contribution < 1.29 is 9.90 Å². The van der Waals surface area contributed by atoms with Gasteiger partial charge in [0.2, 0.25) is 0 Å². The summed E-state index contributed by atoms with van der Waals surface area (Å²) in [5.74, 6) is -0.824. The molecule has 0 radical (unpaired) electrons. The number of hydrogen-bond donors (Lipinski definition) is 1. The van der Waals surface area contributed by atoms with Crippen LogP contribution in [0.4, 0.5) is 5.69 Å². The lowest BCUT2D eigenvalue weighted by Gasteiger charge is -2.45. The largest absolute Gasteiger partial charge is 0.478 e. The number of piperidine rings is 1. The van der Waals surface area contributed by atoms with Gasteiger partial charge in [-0.15, -0.1) is 0 Å². The smallest absolute Gasteiger partial charge is 0.337 e. The number of anilines is 1. The molecule has 1 aromatic rings. The summed E-state index contributed by atoms with van der Waals surface area (Å²) in [6, 6.07) is 6.16. The number of aryl methyl sites for hydroxylation is 1. The third-order valence-electron chi connectivity index (χ3n) is 4.62. The summed E-state index contributed by atoms with van der Waals surface area (Å²) in [5.41, 5.74) is 2.42. The first kappa shape index (κ1) is 13.4. The zero-order chi connectivity index (χ0) is 14.1. The molecule has 2 aliphatic heterocycles. The number of nitrogens with zero attached hydrogens (tertiary/aromatic N) is 2. The van der Waals surface area contributed by atoms with Gasteiger partial charge in [0, 0.05) is 25.7 Å². The highest BCUT2D eigenvalue weighted by molar-refractivity contribution is 5.95. The fraction of sp³-hybridized carbons (Fsp3) is 0.562. The second kappa shape index (κ2) is 5.44. The monoisotopic (exact) mass is 274 g/mol. The van der Waals surface area contributed by atoms with E-state index in [-0.39, 0.29) is 0 Å². The van der Waals surface area contributed by atoms with E-state index < -0.39 is 5.97 Å². The summed E-state index contributed by atoms with van der Waals surface area (Å²) in [5, 5.41) is 9.42. The van der Waals surface area contributed by atoms with Crippen molar-refractivity contribution in [1.82, 2.24) is 4.90 Å². The van der Waals surface area contributed by atoms with Crippen molar-refractivity contribution in [2.75, 3.05) is 31.1 Å². The van der Waals surface area contributed by atoms with E-state index in [2.05, 4.69) is 9.80 Å². The van der Waals surface area contributed by atoms with Crippen molar-refractivity contribution in [2.24, 2.45) is 0 Å². The first-order valence-corrected chi connectivity index (χ1v) is 7.48. The zero-order valence-electron chi connectivity index (χ0n) is 12.0. The Hall–Kier alpha value is -1.55. The molecule has 0 saturated carbocycles. The Kier molecular flexibility index (Phi) is 3.66. The zero-order valence-corrected chi connectivity index (χ0v) is 12.0. The summed E-state index contributed by atoms with van der Waals surface area (Å²) in [6.45, 7) is 6.16. The summed E-state index contributed by atoms with van der Waals surface area (Å²) in [7, 11) is 0. The van der Waals surface area contributed by atoms with Crippen LogP contribution in [0.1, 0.15) is 35.2 Å². The predicted octanol–water partition coefficient (Wildman–Crippen LogP) is 2.37. The standard InChI is InChI=1S/C16H22N2O2/c1-12-5-4-7-14(16(19)20)15(12)18-10-9-17-8-3-2-6-13(17)11-18/h4-5,7,13H,2-3,6,8-11H2,1H3,(H,19,20). The first-order chi connectivity index (χ1) is 9.66. The molecule has 1 unspecified atom stereocenters. The Morgan fingerprint density at radius 3 is 2.90 bits per heavy atom. The van der Waals surface area contributed by atoms with E-state index in [1.54, 1.807) is 6.07 Å². The molecule has 1 atom stereocenters. The molecule has 20 heavy (non-hydrogen) atoms. The number of fused-ring (bicyclic) bond motifs is 1. The minimum atomic E-state index is -0.824. The van der Waals surface area contributed by atoms with Crippen LogP contribution < -0.4 is 4.90 Å². The number of carbonyl (C=O) groups is 1. The lowest BCUT2D eigenvalue weighted by atomic mass is 9.97.